The molecule has 158 valence electrons. The van der Waals surface area contributed by atoms with Crippen molar-refractivity contribution in [3.8, 4) is 16.2 Å². The Morgan fingerprint density at radius 3 is 2.47 bits per heavy atom. The van der Waals surface area contributed by atoms with Crippen LogP contribution in [0.5, 0.6) is 5.75 Å². The Labute approximate surface area is 189 Å². The normalized spacial score (nSPS) is 25.7. The zero-order valence-corrected chi connectivity index (χ0v) is 19.4. The molecular weight excluding hydrogens is 412 g/mol. The summed E-state index contributed by atoms with van der Waals surface area (Å²) in [6.07, 6.45) is 5.90. The fraction of sp³-hybridized carbons (Fsp3) is 0.400. The molecule has 4 atom stereocenters. The van der Waals surface area contributed by atoms with Gasteiger partial charge in [0.15, 0.2) is 0 Å². The second-order valence-corrected chi connectivity index (χ2v) is 9.60. The molecule has 3 heterocycles. The Balaban J connectivity index is 0.00000218. The molecule has 1 aromatic heterocycles. The monoisotopic (exact) mass is 440 g/mol. The first kappa shape index (κ1) is 21.4. The molecule has 3 aromatic rings. The van der Waals surface area contributed by atoms with Crippen molar-refractivity contribution < 1.29 is 4.74 Å². The van der Waals surface area contributed by atoms with Crippen molar-refractivity contribution in [1.29, 1.82) is 0 Å². The van der Waals surface area contributed by atoms with Crippen LogP contribution >= 0.6 is 23.7 Å². The standard InChI is InChI=1S/C25H28N2OS.ClH/c1-16-4-6-17(7-5-16)21-14-19-10-13-22(27(19)2)24(21)25-26-15-23(29-25)18-8-11-20(28-3)12-9-18;/h4-9,11-12,15,19,21-22,24H,10,13-14H2,1-3H3;1H/t19-,21+,22+,24-;/m0./s1. The molecule has 2 saturated heterocycles. The van der Waals surface area contributed by atoms with Gasteiger partial charge < -0.3 is 4.74 Å². The zero-order valence-electron chi connectivity index (χ0n) is 17.7. The van der Waals surface area contributed by atoms with Crippen LogP contribution < -0.4 is 4.74 Å². The van der Waals surface area contributed by atoms with Crippen molar-refractivity contribution in [3.05, 3.63) is 70.9 Å². The fourth-order valence-electron chi connectivity index (χ4n) is 5.29. The van der Waals surface area contributed by atoms with Gasteiger partial charge in [0.2, 0.25) is 0 Å². The van der Waals surface area contributed by atoms with E-state index < -0.39 is 0 Å². The van der Waals surface area contributed by atoms with Crippen LogP contribution in [-0.4, -0.2) is 36.1 Å². The molecule has 0 spiro atoms. The molecule has 2 aliphatic heterocycles. The maximum absolute atomic E-state index is 5.30. The van der Waals surface area contributed by atoms with Crippen LogP contribution in [0.25, 0.3) is 10.4 Å². The van der Waals surface area contributed by atoms with E-state index in [0.717, 1.165) is 5.75 Å². The van der Waals surface area contributed by atoms with Gasteiger partial charge in [-0.1, -0.05) is 29.8 Å². The molecule has 0 N–H and O–H groups in total. The summed E-state index contributed by atoms with van der Waals surface area (Å²) in [6, 6.07) is 18.8. The summed E-state index contributed by atoms with van der Waals surface area (Å²) < 4.78 is 5.30. The largest absolute Gasteiger partial charge is 0.497 e. The second-order valence-electron chi connectivity index (χ2n) is 8.53. The zero-order chi connectivity index (χ0) is 20.0. The highest BCUT2D eigenvalue weighted by Gasteiger charge is 2.47. The summed E-state index contributed by atoms with van der Waals surface area (Å²) in [4.78, 5) is 8.84. The summed E-state index contributed by atoms with van der Waals surface area (Å²) >= 11 is 1.87. The number of fused-ring (bicyclic) bond motifs is 2. The number of aromatic nitrogens is 1. The predicted molar refractivity (Wildman–Crippen MR) is 127 cm³/mol. The molecular formula is C25H29ClN2OS. The first-order chi connectivity index (χ1) is 14.1. The Bertz CT molecular complexity index is 985. The van der Waals surface area contributed by atoms with Gasteiger partial charge in [-0.15, -0.1) is 23.7 Å². The van der Waals surface area contributed by atoms with Crippen molar-refractivity contribution >= 4 is 23.7 Å². The van der Waals surface area contributed by atoms with Crippen molar-refractivity contribution in [2.24, 2.45) is 0 Å². The maximum Gasteiger partial charge on any atom is 0.118 e. The minimum absolute atomic E-state index is 0. The molecule has 0 radical (unpaired) electrons. The van der Waals surface area contributed by atoms with E-state index in [-0.39, 0.29) is 12.4 Å². The van der Waals surface area contributed by atoms with Gasteiger partial charge in [-0.3, -0.25) is 4.90 Å². The van der Waals surface area contributed by atoms with Gasteiger partial charge in [0.25, 0.3) is 0 Å². The molecule has 30 heavy (non-hydrogen) atoms. The van der Waals surface area contributed by atoms with Crippen LogP contribution in [0, 0.1) is 6.92 Å². The SMILES string of the molecule is COc1ccc(-c2cnc([C@H]3[C@@H](c4ccc(C)cc4)C[C@@H]4CC[C@H]3N4C)s2)cc1.Cl. The Kier molecular flexibility index (Phi) is 6.19. The molecule has 0 amide bonds. The summed E-state index contributed by atoms with van der Waals surface area (Å²) in [5.41, 5.74) is 4.03. The van der Waals surface area contributed by atoms with Gasteiger partial charge in [0.1, 0.15) is 5.75 Å². The highest BCUT2D eigenvalue weighted by molar-refractivity contribution is 7.15. The predicted octanol–water partition coefficient (Wildman–Crippen LogP) is 6.28. The number of nitrogens with zero attached hydrogens (tertiary/aromatic N) is 2. The van der Waals surface area contributed by atoms with E-state index in [1.54, 1.807) is 7.11 Å². The molecule has 2 aliphatic rings. The summed E-state index contributed by atoms with van der Waals surface area (Å²) in [6.45, 7) is 2.17. The number of thiazole rings is 1. The second kappa shape index (κ2) is 8.70. The Morgan fingerprint density at radius 2 is 1.77 bits per heavy atom. The summed E-state index contributed by atoms with van der Waals surface area (Å²) in [5.74, 6) is 1.92. The maximum atomic E-state index is 5.30. The van der Waals surface area contributed by atoms with Crippen LogP contribution in [0.3, 0.4) is 0 Å². The lowest BCUT2D eigenvalue weighted by Crippen LogP contribution is -2.44. The lowest BCUT2D eigenvalue weighted by Gasteiger charge is -2.42. The van der Waals surface area contributed by atoms with Crippen molar-refractivity contribution in [2.75, 3.05) is 14.2 Å². The first-order valence-corrected chi connectivity index (χ1v) is 11.3. The molecule has 5 rings (SSSR count). The first-order valence-electron chi connectivity index (χ1n) is 10.5. The molecule has 2 bridgehead atoms. The highest BCUT2D eigenvalue weighted by atomic mass is 35.5. The van der Waals surface area contributed by atoms with E-state index >= 15 is 0 Å². The van der Waals surface area contributed by atoms with E-state index in [2.05, 4.69) is 61.5 Å². The number of likely N-dealkylation sites (N-methyl/N-ethyl adjacent to an activating group) is 1. The van der Waals surface area contributed by atoms with E-state index in [1.165, 1.54) is 45.8 Å². The minimum atomic E-state index is 0. The molecule has 2 fully saturated rings. The number of benzene rings is 2. The van der Waals surface area contributed by atoms with Gasteiger partial charge >= 0.3 is 0 Å². The third-order valence-corrected chi connectivity index (χ3v) is 8.11. The van der Waals surface area contributed by atoms with Crippen LogP contribution in [-0.2, 0) is 0 Å². The topological polar surface area (TPSA) is 25.4 Å². The Morgan fingerprint density at radius 1 is 1.03 bits per heavy atom. The molecule has 0 unspecified atom stereocenters. The third-order valence-electron chi connectivity index (χ3n) is 6.96. The quantitative estimate of drug-likeness (QED) is 0.477. The number of methoxy groups -OCH3 is 1. The third kappa shape index (κ3) is 3.77. The lowest BCUT2D eigenvalue weighted by atomic mass is 9.76. The molecule has 2 aromatic carbocycles. The van der Waals surface area contributed by atoms with Gasteiger partial charge in [-0.25, -0.2) is 4.98 Å². The molecule has 5 heteroatoms. The lowest BCUT2D eigenvalue weighted by molar-refractivity contribution is 0.137. The molecule has 3 nitrogen and oxygen atoms in total. The van der Waals surface area contributed by atoms with E-state index in [0.29, 0.717) is 23.9 Å². The molecule has 0 aliphatic carbocycles. The van der Waals surface area contributed by atoms with Crippen LogP contribution in [0.4, 0.5) is 0 Å². The average molecular weight is 441 g/mol. The van der Waals surface area contributed by atoms with Gasteiger partial charge in [0, 0.05) is 24.2 Å². The van der Waals surface area contributed by atoms with Crippen LogP contribution in [0.2, 0.25) is 0 Å². The van der Waals surface area contributed by atoms with E-state index in [1.807, 2.05) is 23.5 Å². The van der Waals surface area contributed by atoms with Crippen molar-refractivity contribution in [1.82, 2.24) is 9.88 Å². The van der Waals surface area contributed by atoms with Crippen molar-refractivity contribution in [3.63, 3.8) is 0 Å². The average Bonchev–Trinajstić information content (AvgIpc) is 3.31. The number of aryl methyl sites for hydroxylation is 1. The summed E-state index contributed by atoms with van der Waals surface area (Å²) in [5, 5.41) is 1.29. The van der Waals surface area contributed by atoms with Crippen molar-refractivity contribution in [2.45, 2.75) is 50.1 Å². The number of rotatable bonds is 4. The highest BCUT2D eigenvalue weighted by Crippen LogP contribution is 2.52. The number of hydrogen-bond acceptors (Lipinski definition) is 4. The smallest absolute Gasteiger partial charge is 0.118 e. The number of hydrogen-bond donors (Lipinski definition) is 0. The minimum Gasteiger partial charge on any atom is -0.497 e. The van der Waals surface area contributed by atoms with Crippen LogP contribution in [0.1, 0.15) is 47.2 Å². The van der Waals surface area contributed by atoms with E-state index in [4.69, 9.17) is 9.72 Å². The molecule has 0 saturated carbocycles. The summed E-state index contributed by atoms with van der Waals surface area (Å²) in [7, 11) is 4.03. The van der Waals surface area contributed by atoms with E-state index in [9.17, 15) is 0 Å². The fourth-order valence-corrected chi connectivity index (χ4v) is 6.44. The Hall–Kier alpha value is -1.88. The number of halogens is 1. The van der Waals surface area contributed by atoms with Gasteiger partial charge in [0.05, 0.1) is 17.0 Å². The van der Waals surface area contributed by atoms with Crippen LogP contribution in [0.15, 0.2) is 54.7 Å². The number of piperidine rings is 1. The van der Waals surface area contributed by atoms with Gasteiger partial charge in [-0.05, 0) is 74.5 Å². The number of ether oxygens (including phenoxy) is 1. The van der Waals surface area contributed by atoms with Gasteiger partial charge in [-0.2, -0.15) is 0 Å².